The first-order valence-corrected chi connectivity index (χ1v) is 14.3. The quantitative estimate of drug-likeness (QED) is 0.230. The van der Waals surface area contributed by atoms with E-state index < -0.39 is 0 Å². The fourth-order valence-corrected chi connectivity index (χ4v) is 5.94. The van der Waals surface area contributed by atoms with Gasteiger partial charge in [0.1, 0.15) is 5.75 Å². The van der Waals surface area contributed by atoms with E-state index in [1.165, 1.54) is 5.56 Å². The lowest BCUT2D eigenvalue weighted by atomic mass is 9.92. The number of aryl methyl sites for hydroxylation is 2. The summed E-state index contributed by atoms with van der Waals surface area (Å²) in [6.45, 7) is 4.24. The number of anilines is 2. The van der Waals surface area contributed by atoms with Gasteiger partial charge in [0.25, 0.3) is 0 Å². The first kappa shape index (κ1) is 26.0. The maximum atomic E-state index is 6.49. The van der Waals surface area contributed by atoms with Gasteiger partial charge < -0.3 is 15.0 Å². The molecule has 5 aromatic rings. The van der Waals surface area contributed by atoms with E-state index in [0.717, 1.165) is 51.8 Å². The number of hydrogen-bond donors (Lipinski definition) is 1. The van der Waals surface area contributed by atoms with Crippen LogP contribution in [0.25, 0.3) is 5.69 Å². The predicted octanol–water partition coefficient (Wildman–Crippen LogP) is 8.20. The van der Waals surface area contributed by atoms with Crippen molar-refractivity contribution >= 4 is 46.2 Å². The molecule has 7 rings (SSSR count). The number of nitrogens with zero attached hydrogens (tertiary/aromatic N) is 5. The molecule has 0 radical (unpaired) electrons. The molecule has 0 aliphatic carbocycles. The lowest BCUT2D eigenvalue weighted by Gasteiger charge is -2.40. The summed E-state index contributed by atoms with van der Waals surface area (Å²) in [5, 5.41) is 9.03. The largest absolute Gasteiger partial charge is 0.495 e. The third kappa shape index (κ3) is 4.33. The SMILES string of the molecule is CCc1ccc([C@H]2c3c(C)nn(-c4ccccc4)c3N=C3C(Nc4ccc(OC)c(Cl)c4)=Nc4ccccc4N32)cc1. The summed E-state index contributed by atoms with van der Waals surface area (Å²) in [5.41, 5.74) is 8.00. The zero-order chi connectivity index (χ0) is 28.8. The van der Waals surface area contributed by atoms with Crippen LogP contribution < -0.4 is 15.0 Å². The van der Waals surface area contributed by atoms with Gasteiger partial charge in [0.15, 0.2) is 17.5 Å². The molecule has 0 saturated heterocycles. The highest BCUT2D eigenvalue weighted by atomic mass is 35.5. The van der Waals surface area contributed by atoms with Crippen molar-refractivity contribution in [2.24, 2.45) is 9.98 Å². The summed E-state index contributed by atoms with van der Waals surface area (Å²) in [5.74, 6) is 2.72. The fraction of sp³-hybridized carbons (Fsp3) is 0.147. The van der Waals surface area contributed by atoms with Crippen LogP contribution >= 0.6 is 11.6 Å². The highest BCUT2D eigenvalue weighted by Gasteiger charge is 2.41. The van der Waals surface area contributed by atoms with E-state index in [0.29, 0.717) is 22.4 Å². The highest BCUT2D eigenvalue weighted by Crippen LogP contribution is 2.48. The van der Waals surface area contributed by atoms with Crippen molar-refractivity contribution in [1.29, 1.82) is 0 Å². The molecule has 4 aromatic carbocycles. The molecule has 0 amide bonds. The topological polar surface area (TPSA) is 67.0 Å². The molecule has 0 bridgehead atoms. The average molecular weight is 573 g/mol. The van der Waals surface area contributed by atoms with Crippen molar-refractivity contribution in [3.8, 4) is 11.4 Å². The van der Waals surface area contributed by atoms with Crippen LogP contribution in [0.1, 0.15) is 35.3 Å². The van der Waals surface area contributed by atoms with Crippen LogP contribution in [0.2, 0.25) is 5.02 Å². The molecule has 7 nitrogen and oxygen atoms in total. The molecule has 0 fully saturated rings. The number of rotatable bonds is 5. The van der Waals surface area contributed by atoms with Crippen molar-refractivity contribution in [2.45, 2.75) is 26.3 Å². The molecule has 42 heavy (non-hydrogen) atoms. The van der Waals surface area contributed by atoms with E-state index in [4.69, 9.17) is 31.4 Å². The summed E-state index contributed by atoms with van der Waals surface area (Å²) in [6, 6.07) is 32.6. The molecule has 2 aliphatic rings. The van der Waals surface area contributed by atoms with Crippen molar-refractivity contribution in [2.75, 3.05) is 17.3 Å². The number of fused-ring (bicyclic) bond motifs is 4. The van der Waals surface area contributed by atoms with Crippen molar-refractivity contribution < 1.29 is 4.74 Å². The standard InChI is InChI=1S/C34H29ClN6O/c1-4-22-14-16-23(17-15-22)31-30-21(2)39-41(25-10-6-5-7-11-25)33(30)38-34-32(36-24-18-19-29(42-3)26(35)20-24)37-27-12-8-9-13-28(27)40(31)34/h5-20,31H,4H2,1-3H3,(H,36,37)/t31-/m0/s1. The molecular formula is C34H29ClN6O. The van der Waals surface area contributed by atoms with E-state index in [-0.39, 0.29) is 6.04 Å². The Balaban J connectivity index is 1.46. The molecule has 208 valence electrons. The van der Waals surface area contributed by atoms with E-state index in [9.17, 15) is 0 Å². The number of nitrogens with one attached hydrogen (secondary N) is 1. The summed E-state index contributed by atoms with van der Waals surface area (Å²) in [4.78, 5) is 12.6. The van der Waals surface area contributed by atoms with Gasteiger partial charge >= 0.3 is 0 Å². The first-order valence-electron chi connectivity index (χ1n) is 14.0. The number of aliphatic imine (C=N–C) groups is 2. The number of halogens is 1. The van der Waals surface area contributed by atoms with Crippen molar-refractivity contribution in [3.63, 3.8) is 0 Å². The van der Waals surface area contributed by atoms with Crippen LogP contribution in [0.15, 0.2) is 107 Å². The van der Waals surface area contributed by atoms with E-state index in [1.54, 1.807) is 7.11 Å². The van der Waals surface area contributed by atoms with Crippen LogP contribution in [-0.2, 0) is 6.42 Å². The summed E-state index contributed by atoms with van der Waals surface area (Å²) in [6.07, 6.45) is 0.978. The number of hydrogen-bond acceptors (Lipinski definition) is 6. The van der Waals surface area contributed by atoms with E-state index >= 15 is 0 Å². The summed E-state index contributed by atoms with van der Waals surface area (Å²) in [7, 11) is 1.60. The zero-order valence-corrected chi connectivity index (χ0v) is 24.3. The van der Waals surface area contributed by atoms with E-state index in [1.807, 2.05) is 71.4 Å². The maximum absolute atomic E-state index is 6.49. The molecule has 0 unspecified atom stereocenters. The average Bonchev–Trinajstić information content (AvgIpc) is 3.36. The van der Waals surface area contributed by atoms with E-state index in [2.05, 4.69) is 54.4 Å². The molecule has 1 aromatic heterocycles. The minimum atomic E-state index is -0.177. The summed E-state index contributed by atoms with van der Waals surface area (Å²) >= 11 is 6.49. The van der Waals surface area contributed by atoms with Crippen LogP contribution in [0.5, 0.6) is 5.75 Å². The smallest absolute Gasteiger partial charge is 0.179 e. The second kappa shape index (κ2) is 10.5. The highest BCUT2D eigenvalue weighted by molar-refractivity contribution is 6.51. The van der Waals surface area contributed by atoms with Crippen LogP contribution in [0.3, 0.4) is 0 Å². The van der Waals surface area contributed by atoms with Gasteiger partial charge in [-0.05, 0) is 66.9 Å². The molecular weight excluding hydrogens is 544 g/mol. The van der Waals surface area contributed by atoms with Crippen LogP contribution in [-0.4, -0.2) is 28.6 Å². The molecule has 0 spiro atoms. The Labute approximate surface area is 249 Å². The molecule has 1 atom stereocenters. The number of methoxy groups -OCH3 is 1. The van der Waals surface area contributed by atoms with Crippen LogP contribution in [0, 0.1) is 6.92 Å². The minimum Gasteiger partial charge on any atom is -0.495 e. The minimum absolute atomic E-state index is 0.177. The molecule has 1 N–H and O–H groups in total. The Morgan fingerprint density at radius 1 is 0.905 bits per heavy atom. The Kier molecular flexibility index (Phi) is 6.52. The summed E-state index contributed by atoms with van der Waals surface area (Å²) < 4.78 is 7.30. The van der Waals surface area contributed by atoms with Gasteiger partial charge in [-0.1, -0.05) is 73.1 Å². The Bertz CT molecular complexity index is 1860. The normalized spacial score (nSPS) is 15.2. The fourth-order valence-electron chi connectivity index (χ4n) is 5.68. The Hall–Kier alpha value is -4.88. The van der Waals surface area contributed by atoms with Gasteiger partial charge in [0.2, 0.25) is 0 Å². The third-order valence-electron chi connectivity index (χ3n) is 7.76. The number of para-hydroxylation sites is 3. The second-order valence-electron chi connectivity index (χ2n) is 10.3. The van der Waals surface area contributed by atoms with Gasteiger partial charge in [-0.25, -0.2) is 14.7 Å². The zero-order valence-electron chi connectivity index (χ0n) is 23.5. The Morgan fingerprint density at radius 3 is 2.40 bits per heavy atom. The number of amidine groups is 2. The number of ether oxygens (including phenoxy) is 1. The lowest BCUT2D eigenvalue weighted by Crippen LogP contribution is -2.46. The molecule has 8 heteroatoms. The van der Waals surface area contributed by atoms with Gasteiger partial charge in [-0.3, -0.25) is 0 Å². The first-order chi connectivity index (χ1) is 20.6. The second-order valence-corrected chi connectivity index (χ2v) is 10.7. The molecule has 0 saturated carbocycles. The van der Waals surface area contributed by atoms with Gasteiger partial charge in [0.05, 0.1) is 40.9 Å². The maximum Gasteiger partial charge on any atom is 0.179 e. The lowest BCUT2D eigenvalue weighted by molar-refractivity contribution is 0.415. The van der Waals surface area contributed by atoms with Crippen LogP contribution in [0.4, 0.5) is 22.9 Å². The van der Waals surface area contributed by atoms with Crippen molar-refractivity contribution in [1.82, 2.24) is 9.78 Å². The molecule has 3 heterocycles. The van der Waals surface area contributed by atoms with Gasteiger partial charge in [-0.15, -0.1) is 0 Å². The third-order valence-corrected chi connectivity index (χ3v) is 8.05. The molecule has 2 aliphatic heterocycles. The van der Waals surface area contributed by atoms with Crippen molar-refractivity contribution in [3.05, 3.63) is 124 Å². The Morgan fingerprint density at radius 2 is 1.67 bits per heavy atom. The van der Waals surface area contributed by atoms with Gasteiger partial charge in [0, 0.05) is 11.3 Å². The predicted molar refractivity (Wildman–Crippen MR) is 171 cm³/mol. The monoisotopic (exact) mass is 572 g/mol. The number of aromatic nitrogens is 2. The number of benzene rings is 4. The van der Waals surface area contributed by atoms with Gasteiger partial charge in [-0.2, -0.15) is 5.10 Å².